The molecule has 0 atom stereocenters. The van der Waals surface area contributed by atoms with Gasteiger partial charge in [0, 0.05) is 26.2 Å². The van der Waals surface area contributed by atoms with Gasteiger partial charge in [-0.2, -0.15) is 0 Å². The summed E-state index contributed by atoms with van der Waals surface area (Å²) in [5, 5.41) is 0.802. The Hall–Kier alpha value is -4.56. The Morgan fingerprint density at radius 1 is 0.591 bits per heavy atom. The van der Waals surface area contributed by atoms with E-state index in [2.05, 4.69) is 19.9 Å². The number of aryl methyl sites for hydroxylation is 4. The van der Waals surface area contributed by atoms with Gasteiger partial charge in [-0.3, -0.25) is 27.9 Å². The van der Waals surface area contributed by atoms with Gasteiger partial charge in [-0.1, -0.05) is 60.7 Å². The van der Waals surface area contributed by atoms with E-state index in [1.165, 1.54) is 39.9 Å². The van der Waals surface area contributed by atoms with Crippen molar-refractivity contribution in [2.45, 2.75) is 63.2 Å². The monoisotopic (exact) mass is 630 g/mol. The molecule has 4 heterocycles. The quantitative estimate of drug-likeness (QED) is 0.207. The van der Waals surface area contributed by atoms with E-state index in [1.54, 1.807) is 0 Å². The Balaban J connectivity index is 1.27. The summed E-state index contributed by atoms with van der Waals surface area (Å²) in [5.74, 6) is 0. The number of benzene rings is 2. The minimum absolute atomic E-state index is 0.244. The maximum atomic E-state index is 13.3. The lowest BCUT2D eigenvalue weighted by molar-refractivity contribution is 0.580. The molecule has 44 heavy (non-hydrogen) atoms. The van der Waals surface area contributed by atoms with Crippen LogP contribution in [0.4, 0.5) is 0 Å². The molecule has 0 fully saturated rings. The first-order valence-corrected chi connectivity index (χ1v) is 16.4. The van der Waals surface area contributed by atoms with Gasteiger partial charge in [-0.05, 0) is 59.4 Å². The lowest BCUT2D eigenvalue weighted by Gasteiger charge is -2.09. The number of imidazole rings is 2. The molecule has 0 spiro atoms. The van der Waals surface area contributed by atoms with Crippen LogP contribution in [-0.4, -0.2) is 38.2 Å². The molecule has 0 saturated heterocycles. The molecule has 0 bridgehead atoms. The third-order valence-electron chi connectivity index (χ3n) is 7.44. The van der Waals surface area contributed by atoms with E-state index >= 15 is 0 Å². The zero-order valence-corrected chi connectivity index (χ0v) is 25.8. The summed E-state index contributed by atoms with van der Waals surface area (Å²) < 4.78 is 5.44. The number of hydrogen-bond donors (Lipinski definition) is 2. The molecular weight excluding hydrogens is 601 g/mol. The predicted octanol–water partition coefficient (Wildman–Crippen LogP) is 3.41. The molecule has 2 aromatic carbocycles. The van der Waals surface area contributed by atoms with Gasteiger partial charge in [-0.25, -0.2) is 19.6 Å². The number of rotatable bonds is 11. The zero-order chi connectivity index (χ0) is 30.8. The van der Waals surface area contributed by atoms with Crippen LogP contribution >= 0.6 is 21.6 Å². The highest BCUT2D eigenvalue weighted by Gasteiger charge is 2.20. The van der Waals surface area contributed by atoms with E-state index < -0.39 is 22.5 Å². The van der Waals surface area contributed by atoms with Crippen LogP contribution in [0.15, 0.2) is 90.2 Å². The molecule has 0 amide bonds. The lowest BCUT2D eigenvalue weighted by atomic mass is 10.1. The second-order valence-electron chi connectivity index (χ2n) is 10.1. The van der Waals surface area contributed by atoms with Gasteiger partial charge in [0.1, 0.15) is 0 Å². The second-order valence-corrected chi connectivity index (χ2v) is 12.2. The van der Waals surface area contributed by atoms with Crippen molar-refractivity contribution >= 4 is 43.9 Å². The predicted molar refractivity (Wildman–Crippen MR) is 173 cm³/mol. The van der Waals surface area contributed by atoms with Gasteiger partial charge in [0.25, 0.3) is 11.1 Å². The molecule has 0 radical (unpaired) electrons. The van der Waals surface area contributed by atoms with Crippen LogP contribution in [-0.2, 0) is 39.0 Å². The van der Waals surface area contributed by atoms with Crippen LogP contribution in [0.1, 0.15) is 25.0 Å². The molecular formula is C30H30N8O4S2. The number of hydrogen-bond acceptors (Lipinski definition) is 8. The summed E-state index contributed by atoms with van der Waals surface area (Å²) in [6, 6.07) is 19.4. The topological polar surface area (TPSA) is 145 Å². The Morgan fingerprint density at radius 2 is 0.977 bits per heavy atom. The summed E-state index contributed by atoms with van der Waals surface area (Å²) in [6.07, 6.45) is 1.08. The van der Waals surface area contributed by atoms with E-state index in [4.69, 9.17) is 0 Å². The summed E-state index contributed by atoms with van der Waals surface area (Å²) in [4.78, 5) is 68.3. The highest BCUT2D eigenvalue weighted by Crippen LogP contribution is 2.35. The Labute approximate surface area is 258 Å². The van der Waals surface area contributed by atoms with Crippen LogP contribution in [0, 0.1) is 0 Å². The van der Waals surface area contributed by atoms with E-state index in [0.717, 1.165) is 11.1 Å². The van der Waals surface area contributed by atoms with Gasteiger partial charge in [0.05, 0.1) is 0 Å². The summed E-state index contributed by atoms with van der Waals surface area (Å²) in [7, 11) is 2.39. The van der Waals surface area contributed by atoms with Gasteiger partial charge < -0.3 is 9.97 Å². The average Bonchev–Trinajstić information content (AvgIpc) is 3.66. The van der Waals surface area contributed by atoms with Gasteiger partial charge in [0.2, 0.25) is 0 Å². The normalized spacial score (nSPS) is 11.6. The van der Waals surface area contributed by atoms with Gasteiger partial charge in [-0.15, -0.1) is 0 Å². The fourth-order valence-electron chi connectivity index (χ4n) is 5.18. The van der Waals surface area contributed by atoms with Crippen molar-refractivity contribution in [3.8, 4) is 0 Å². The minimum atomic E-state index is -0.429. The first-order chi connectivity index (χ1) is 21.4. The van der Waals surface area contributed by atoms with Crippen molar-refractivity contribution < 1.29 is 0 Å². The van der Waals surface area contributed by atoms with E-state index in [-0.39, 0.29) is 35.4 Å². The van der Waals surface area contributed by atoms with Gasteiger partial charge in [0.15, 0.2) is 32.6 Å². The van der Waals surface area contributed by atoms with Crippen molar-refractivity contribution in [2.75, 3.05) is 0 Å². The Bertz CT molecular complexity index is 2040. The smallest absolute Gasteiger partial charge is 0.326 e. The number of nitrogens with one attached hydrogen (secondary N) is 2. The molecule has 0 aliphatic rings. The molecule has 14 heteroatoms. The number of aromatic amines is 2. The van der Waals surface area contributed by atoms with Crippen LogP contribution in [0.25, 0.3) is 22.3 Å². The second kappa shape index (κ2) is 12.6. The molecule has 0 aliphatic carbocycles. The summed E-state index contributed by atoms with van der Waals surface area (Å²) in [5.41, 5.74) is 1.44. The van der Waals surface area contributed by atoms with E-state index in [1.807, 2.05) is 74.5 Å². The number of H-pyrrole nitrogens is 2. The molecule has 2 N–H and O–H groups in total. The van der Waals surface area contributed by atoms with Crippen molar-refractivity contribution in [1.29, 1.82) is 0 Å². The summed E-state index contributed by atoms with van der Waals surface area (Å²) in [6.45, 7) is 4.84. The van der Waals surface area contributed by atoms with Crippen molar-refractivity contribution in [3.05, 3.63) is 113 Å². The molecule has 6 aromatic rings. The van der Waals surface area contributed by atoms with E-state index in [0.29, 0.717) is 36.2 Å². The molecule has 0 aliphatic heterocycles. The maximum Gasteiger partial charge on any atom is 0.332 e. The first kappa shape index (κ1) is 29.5. The SMILES string of the molecule is CCn1c(=O)n(CCc2ccccc2)c(=O)c2[nH]c(SSc3nc4c([nH]3)c(=O)n(CCc3ccccc3)c(=O)n4CC)nc21. The van der Waals surface area contributed by atoms with E-state index in [9.17, 15) is 19.2 Å². The number of fused-ring (bicyclic) bond motifs is 2. The molecule has 4 aromatic heterocycles. The molecule has 6 rings (SSSR count). The maximum absolute atomic E-state index is 13.3. The van der Waals surface area contributed by atoms with Crippen molar-refractivity contribution in [3.63, 3.8) is 0 Å². The third-order valence-corrected chi connectivity index (χ3v) is 9.43. The highest BCUT2D eigenvalue weighted by atomic mass is 33.1. The van der Waals surface area contributed by atoms with Crippen LogP contribution in [0.2, 0.25) is 0 Å². The largest absolute Gasteiger partial charge is 0.332 e. The van der Waals surface area contributed by atoms with Crippen LogP contribution in [0.5, 0.6) is 0 Å². The standard InChI is InChI=1S/C30H30N8O4S2/c1-3-35-23-21(25(39)37(29(35)41)17-15-19-11-7-5-8-12-19)31-27(33-23)43-44-28-32-22-24(34-28)36(4-2)30(42)38(26(22)40)18-16-20-13-9-6-10-14-20/h5-14H,3-4,15-18H2,1-2H3,(H,31,33)(H,32,34). The Kier molecular flexibility index (Phi) is 8.44. The molecule has 226 valence electrons. The molecule has 0 saturated carbocycles. The van der Waals surface area contributed by atoms with Crippen LogP contribution in [0.3, 0.4) is 0 Å². The van der Waals surface area contributed by atoms with Crippen molar-refractivity contribution in [2.24, 2.45) is 0 Å². The lowest BCUT2D eigenvalue weighted by Crippen LogP contribution is -2.40. The van der Waals surface area contributed by atoms with Crippen LogP contribution < -0.4 is 22.5 Å². The highest BCUT2D eigenvalue weighted by molar-refractivity contribution is 8.76. The molecule has 0 unspecified atom stereocenters. The molecule has 12 nitrogen and oxygen atoms in total. The van der Waals surface area contributed by atoms with Crippen molar-refractivity contribution in [1.82, 2.24) is 38.2 Å². The number of nitrogens with zero attached hydrogens (tertiary/aromatic N) is 6. The number of aromatic nitrogens is 8. The zero-order valence-electron chi connectivity index (χ0n) is 24.1. The Morgan fingerprint density at radius 3 is 1.34 bits per heavy atom. The summed E-state index contributed by atoms with van der Waals surface area (Å²) >= 11 is 0. The van der Waals surface area contributed by atoms with Gasteiger partial charge >= 0.3 is 11.4 Å². The minimum Gasteiger partial charge on any atom is -0.326 e. The fourth-order valence-corrected chi connectivity index (χ4v) is 6.82. The third kappa shape index (κ3) is 5.57. The average molecular weight is 631 g/mol. The first-order valence-electron chi connectivity index (χ1n) is 14.3. The fraction of sp³-hybridized carbons (Fsp3) is 0.267.